The highest BCUT2D eigenvalue weighted by Crippen LogP contribution is 2.39. The molecule has 3 rings (SSSR count). The Bertz CT molecular complexity index is 688. The lowest BCUT2D eigenvalue weighted by Gasteiger charge is -2.26. The van der Waals surface area contributed by atoms with Crippen molar-refractivity contribution < 1.29 is 9.13 Å². The van der Waals surface area contributed by atoms with Crippen LogP contribution in [0.4, 0.5) is 4.39 Å². The van der Waals surface area contributed by atoms with Gasteiger partial charge in [0.25, 0.3) is 0 Å². The zero-order valence-electron chi connectivity index (χ0n) is 11.8. The monoisotopic (exact) mass is 305 g/mol. The van der Waals surface area contributed by atoms with E-state index < -0.39 is 11.4 Å². The molecule has 0 bridgehead atoms. The molecule has 0 radical (unpaired) electrons. The first-order valence-electron chi connectivity index (χ1n) is 6.92. The Kier molecular flexibility index (Phi) is 3.64. The maximum atomic E-state index is 13.6. The summed E-state index contributed by atoms with van der Waals surface area (Å²) in [6, 6.07) is 10.9. The number of rotatable bonds is 3. The Morgan fingerprint density at radius 1 is 1.29 bits per heavy atom. The summed E-state index contributed by atoms with van der Waals surface area (Å²) >= 11 is 5.73. The lowest BCUT2D eigenvalue weighted by molar-refractivity contribution is 0.407. The molecule has 0 spiro atoms. The van der Waals surface area contributed by atoms with Crippen molar-refractivity contribution in [3.63, 3.8) is 0 Å². The van der Waals surface area contributed by atoms with Gasteiger partial charge in [0.15, 0.2) is 0 Å². The number of benzene rings is 2. The molecule has 0 aliphatic heterocycles. The van der Waals surface area contributed by atoms with Gasteiger partial charge in [-0.15, -0.1) is 0 Å². The average molecular weight is 306 g/mol. The highest BCUT2D eigenvalue weighted by Gasteiger charge is 2.35. The van der Waals surface area contributed by atoms with Crippen molar-refractivity contribution in [2.24, 2.45) is 5.73 Å². The van der Waals surface area contributed by atoms with E-state index in [0.717, 1.165) is 29.7 Å². The molecule has 0 fully saturated rings. The van der Waals surface area contributed by atoms with Crippen molar-refractivity contribution >= 4 is 11.6 Å². The number of ether oxygens (including phenoxy) is 1. The normalized spacial score (nSPS) is 20.4. The third-order valence-corrected chi connectivity index (χ3v) is 4.50. The van der Waals surface area contributed by atoms with Crippen LogP contribution in [0.3, 0.4) is 0 Å². The van der Waals surface area contributed by atoms with Crippen molar-refractivity contribution in [1.82, 2.24) is 0 Å². The molecule has 1 atom stereocenters. The molecule has 0 heterocycles. The number of nitrogens with two attached hydrogens (primary N) is 1. The van der Waals surface area contributed by atoms with Crippen molar-refractivity contribution in [2.75, 3.05) is 7.11 Å². The summed E-state index contributed by atoms with van der Waals surface area (Å²) in [5.41, 5.74) is 9.32. The molecule has 1 unspecified atom stereocenters. The zero-order valence-corrected chi connectivity index (χ0v) is 12.6. The van der Waals surface area contributed by atoms with Crippen molar-refractivity contribution in [1.29, 1.82) is 0 Å². The van der Waals surface area contributed by atoms with Crippen LogP contribution in [-0.2, 0) is 18.4 Å². The number of hydrogen-bond acceptors (Lipinski definition) is 2. The van der Waals surface area contributed by atoms with E-state index in [4.69, 9.17) is 22.1 Å². The van der Waals surface area contributed by atoms with Crippen LogP contribution in [0.5, 0.6) is 5.75 Å². The van der Waals surface area contributed by atoms with E-state index in [-0.39, 0.29) is 5.02 Å². The van der Waals surface area contributed by atoms with E-state index in [1.807, 2.05) is 18.2 Å². The molecule has 1 aliphatic carbocycles. The molecule has 0 saturated heterocycles. The molecule has 2 N–H and O–H groups in total. The second-order valence-electron chi connectivity index (χ2n) is 5.60. The summed E-state index contributed by atoms with van der Waals surface area (Å²) in [7, 11) is 1.64. The Balaban J connectivity index is 1.94. The van der Waals surface area contributed by atoms with Gasteiger partial charge in [-0.25, -0.2) is 4.39 Å². The van der Waals surface area contributed by atoms with Crippen LogP contribution >= 0.6 is 11.6 Å². The lowest BCUT2D eigenvalue weighted by atomic mass is 9.86. The summed E-state index contributed by atoms with van der Waals surface area (Å²) in [4.78, 5) is 0. The molecule has 0 aromatic heterocycles. The minimum absolute atomic E-state index is 0.137. The first kappa shape index (κ1) is 14.4. The number of hydrogen-bond donors (Lipinski definition) is 1. The van der Waals surface area contributed by atoms with Crippen molar-refractivity contribution in [3.8, 4) is 5.75 Å². The quantitative estimate of drug-likeness (QED) is 0.935. The Labute approximate surface area is 128 Å². The number of methoxy groups -OCH3 is 1. The first-order chi connectivity index (χ1) is 10.0. The SMILES string of the molecule is COc1ccc2c(c1)C(N)(Cc1ccc(Cl)c(F)c1)CC2. The van der Waals surface area contributed by atoms with Crippen LogP contribution in [0.15, 0.2) is 36.4 Å². The Morgan fingerprint density at radius 2 is 2.10 bits per heavy atom. The molecule has 21 heavy (non-hydrogen) atoms. The van der Waals surface area contributed by atoms with Crippen LogP contribution in [0.2, 0.25) is 5.02 Å². The summed E-state index contributed by atoms with van der Waals surface area (Å²) in [6.45, 7) is 0. The van der Waals surface area contributed by atoms with Crippen molar-refractivity contribution in [2.45, 2.75) is 24.8 Å². The molecule has 2 aromatic rings. The van der Waals surface area contributed by atoms with Gasteiger partial charge in [0.05, 0.1) is 12.1 Å². The topological polar surface area (TPSA) is 35.2 Å². The van der Waals surface area contributed by atoms with Crippen LogP contribution < -0.4 is 10.5 Å². The van der Waals surface area contributed by atoms with Gasteiger partial charge in [-0.05, 0) is 60.2 Å². The van der Waals surface area contributed by atoms with Gasteiger partial charge < -0.3 is 10.5 Å². The molecule has 0 amide bonds. The van der Waals surface area contributed by atoms with Gasteiger partial charge in [-0.1, -0.05) is 23.7 Å². The van der Waals surface area contributed by atoms with Gasteiger partial charge in [0, 0.05) is 5.54 Å². The van der Waals surface area contributed by atoms with Crippen molar-refractivity contribution in [3.05, 3.63) is 63.9 Å². The third-order valence-electron chi connectivity index (χ3n) is 4.20. The van der Waals surface area contributed by atoms with E-state index in [9.17, 15) is 4.39 Å². The Hall–Kier alpha value is -1.58. The molecule has 2 nitrogen and oxygen atoms in total. The number of aryl methyl sites for hydroxylation is 1. The molecular formula is C17H17ClFNO. The van der Waals surface area contributed by atoms with Crippen LogP contribution in [0.25, 0.3) is 0 Å². The molecule has 4 heteroatoms. The van der Waals surface area contributed by atoms with E-state index >= 15 is 0 Å². The van der Waals surface area contributed by atoms with Gasteiger partial charge in [-0.2, -0.15) is 0 Å². The molecule has 1 aliphatic rings. The predicted octanol–water partition coefficient (Wildman–Crippen LogP) is 3.83. The Morgan fingerprint density at radius 3 is 2.81 bits per heavy atom. The summed E-state index contributed by atoms with van der Waals surface area (Å²) in [5, 5.41) is 0.137. The van der Waals surface area contributed by atoms with E-state index in [2.05, 4.69) is 6.07 Å². The molecule has 0 saturated carbocycles. The number of fused-ring (bicyclic) bond motifs is 1. The lowest BCUT2D eigenvalue weighted by Crippen LogP contribution is -2.36. The largest absolute Gasteiger partial charge is 0.497 e. The summed E-state index contributed by atoms with van der Waals surface area (Å²) < 4.78 is 18.9. The maximum absolute atomic E-state index is 13.6. The fourth-order valence-electron chi connectivity index (χ4n) is 3.05. The van der Waals surface area contributed by atoms with Crippen LogP contribution in [-0.4, -0.2) is 7.11 Å². The zero-order chi connectivity index (χ0) is 15.0. The standard InChI is InChI=1S/C17H17ClFNO/c1-21-13-4-3-12-6-7-17(20,14(12)9-13)10-11-2-5-15(18)16(19)8-11/h2-5,8-9H,6-7,10,20H2,1H3. The molecular weight excluding hydrogens is 289 g/mol. The fourth-order valence-corrected chi connectivity index (χ4v) is 3.17. The third kappa shape index (κ3) is 2.63. The minimum atomic E-state index is -0.482. The second kappa shape index (κ2) is 5.32. The van der Waals surface area contributed by atoms with Crippen LogP contribution in [0.1, 0.15) is 23.1 Å². The number of halogens is 2. The van der Waals surface area contributed by atoms with Gasteiger partial charge >= 0.3 is 0 Å². The van der Waals surface area contributed by atoms with Gasteiger partial charge in [-0.3, -0.25) is 0 Å². The highest BCUT2D eigenvalue weighted by atomic mass is 35.5. The maximum Gasteiger partial charge on any atom is 0.142 e. The predicted molar refractivity (Wildman–Crippen MR) is 82.3 cm³/mol. The molecule has 110 valence electrons. The first-order valence-corrected chi connectivity index (χ1v) is 7.30. The average Bonchev–Trinajstić information content (AvgIpc) is 2.80. The van der Waals surface area contributed by atoms with E-state index in [1.54, 1.807) is 13.2 Å². The van der Waals surface area contributed by atoms with Gasteiger partial charge in [0.1, 0.15) is 11.6 Å². The van der Waals surface area contributed by atoms with E-state index in [1.165, 1.54) is 11.6 Å². The van der Waals surface area contributed by atoms with E-state index in [0.29, 0.717) is 6.42 Å². The minimum Gasteiger partial charge on any atom is -0.497 e. The summed E-state index contributed by atoms with van der Waals surface area (Å²) in [5.74, 6) is 0.398. The fraction of sp³-hybridized carbons (Fsp3) is 0.294. The second-order valence-corrected chi connectivity index (χ2v) is 6.01. The highest BCUT2D eigenvalue weighted by molar-refractivity contribution is 6.30. The van der Waals surface area contributed by atoms with Gasteiger partial charge in [0.2, 0.25) is 0 Å². The molecule has 2 aromatic carbocycles. The van der Waals surface area contributed by atoms with Crippen LogP contribution in [0, 0.1) is 5.82 Å². The summed E-state index contributed by atoms with van der Waals surface area (Å²) in [6.07, 6.45) is 2.37. The smallest absolute Gasteiger partial charge is 0.142 e.